The number of aromatic nitrogens is 3. The first-order valence-electron chi connectivity index (χ1n) is 8.71. The number of hydrogen-bond donors (Lipinski definition) is 1. The number of pyridine rings is 1. The zero-order valence-corrected chi connectivity index (χ0v) is 15.7. The summed E-state index contributed by atoms with van der Waals surface area (Å²) in [4.78, 5) is 30.1. The summed E-state index contributed by atoms with van der Waals surface area (Å²) in [7, 11) is 1.77. The van der Waals surface area contributed by atoms with E-state index >= 15 is 0 Å². The Labute approximate surface area is 159 Å². The van der Waals surface area contributed by atoms with Gasteiger partial charge in [-0.3, -0.25) is 14.3 Å². The maximum absolute atomic E-state index is 12.7. The number of nitrogens with zero attached hydrogens (tertiary/aromatic N) is 4. The first-order valence-corrected chi connectivity index (χ1v) is 8.71. The molecule has 1 N–H and O–H groups in total. The first-order chi connectivity index (χ1) is 13.1. The van der Waals surface area contributed by atoms with Crippen molar-refractivity contribution in [3.63, 3.8) is 0 Å². The molecule has 1 saturated heterocycles. The molecule has 1 unspecified atom stereocenters. The number of carbonyl (C=O) groups excluding carboxylic acids is 2. The molecular formula is C18H20F3N5O2. The number of amides is 2. The molecule has 0 saturated carbocycles. The Balaban J connectivity index is 1.67. The predicted octanol–water partition coefficient (Wildman–Crippen LogP) is 2.55. The van der Waals surface area contributed by atoms with Crippen LogP contribution in [-0.2, 0) is 18.0 Å². The highest BCUT2D eigenvalue weighted by Gasteiger charge is 2.35. The highest BCUT2D eigenvalue weighted by atomic mass is 19.4. The molecule has 0 spiro atoms. The summed E-state index contributed by atoms with van der Waals surface area (Å²) in [6.07, 6.45) is -2.53. The van der Waals surface area contributed by atoms with Gasteiger partial charge in [-0.05, 0) is 32.4 Å². The van der Waals surface area contributed by atoms with Gasteiger partial charge < -0.3 is 10.2 Å². The molecule has 150 valence electrons. The monoisotopic (exact) mass is 395 g/mol. The Morgan fingerprint density at radius 1 is 1.25 bits per heavy atom. The smallest absolute Gasteiger partial charge is 0.338 e. The van der Waals surface area contributed by atoms with Crippen LogP contribution < -0.4 is 5.32 Å². The Morgan fingerprint density at radius 3 is 2.54 bits per heavy atom. The van der Waals surface area contributed by atoms with E-state index in [4.69, 9.17) is 0 Å². The van der Waals surface area contributed by atoms with E-state index in [0.717, 1.165) is 17.8 Å². The average Bonchev–Trinajstić information content (AvgIpc) is 3.23. The summed E-state index contributed by atoms with van der Waals surface area (Å²) in [5.41, 5.74) is 0.508. The maximum atomic E-state index is 12.7. The second kappa shape index (κ2) is 7.25. The van der Waals surface area contributed by atoms with Crippen LogP contribution in [0.5, 0.6) is 0 Å². The van der Waals surface area contributed by atoms with Crippen LogP contribution in [0.25, 0.3) is 0 Å². The van der Waals surface area contributed by atoms with Gasteiger partial charge in [0, 0.05) is 20.1 Å². The molecule has 1 atom stereocenters. The number of hydrogen-bond acceptors (Lipinski definition) is 4. The van der Waals surface area contributed by atoms with Gasteiger partial charge in [-0.25, -0.2) is 4.98 Å². The van der Waals surface area contributed by atoms with Gasteiger partial charge in [0.2, 0.25) is 5.91 Å². The van der Waals surface area contributed by atoms with Gasteiger partial charge in [0.25, 0.3) is 5.91 Å². The molecule has 28 heavy (non-hydrogen) atoms. The maximum Gasteiger partial charge on any atom is 0.433 e. The number of aryl methyl sites for hydroxylation is 2. The van der Waals surface area contributed by atoms with Crippen LogP contribution in [0.4, 0.5) is 18.9 Å². The molecule has 10 heteroatoms. The van der Waals surface area contributed by atoms with Crippen molar-refractivity contribution < 1.29 is 22.8 Å². The zero-order valence-electron chi connectivity index (χ0n) is 15.7. The lowest BCUT2D eigenvalue weighted by Crippen LogP contribution is -2.32. The van der Waals surface area contributed by atoms with Crippen LogP contribution in [0.15, 0.2) is 18.3 Å². The number of halogens is 3. The van der Waals surface area contributed by atoms with E-state index in [1.807, 2.05) is 6.92 Å². The highest BCUT2D eigenvalue weighted by Crippen LogP contribution is 2.29. The van der Waals surface area contributed by atoms with Crippen molar-refractivity contribution in [1.29, 1.82) is 0 Å². The summed E-state index contributed by atoms with van der Waals surface area (Å²) >= 11 is 0. The third-order valence-corrected chi connectivity index (χ3v) is 4.95. The van der Waals surface area contributed by atoms with Gasteiger partial charge >= 0.3 is 6.18 Å². The molecule has 1 aliphatic rings. The lowest BCUT2D eigenvalue weighted by Gasteiger charge is -2.18. The highest BCUT2D eigenvalue weighted by molar-refractivity contribution is 5.97. The fraction of sp³-hybridized carbons (Fsp3) is 0.444. The summed E-state index contributed by atoms with van der Waals surface area (Å²) in [6.45, 7) is 3.75. The van der Waals surface area contributed by atoms with Crippen LogP contribution in [0.3, 0.4) is 0 Å². The molecule has 0 aliphatic carbocycles. The predicted molar refractivity (Wildman–Crippen MR) is 94.6 cm³/mol. The normalized spacial score (nSPS) is 17.1. The first kappa shape index (κ1) is 19.8. The van der Waals surface area contributed by atoms with Crippen molar-refractivity contribution in [2.45, 2.75) is 26.4 Å². The third kappa shape index (κ3) is 3.85. The molecule has 2 aromatic heterocycles. The number of likely N-dealkylation sites (tertiary alicyclic amines) is 1. The van der Waals surface area contributed by atoms with Gasteiger partial charge in [0.1, 0.15) is 5.69 Å². The largest absolute Gasteiger partial charge is 0.433 e. The minimum atomic E-state index is -4.56. The zero-order chi connectivity index (χ0) is 20.6. The molecule has 2 amide bonds. The minimum Gasteiger partial charge on any atom is -0.338 e. The standard InChI is InChI=1S/C18H20F3N5O2/c1-10-13(4-5-15(23-10)18(19,20)21)17(28)26-7-6-12(9-26)16(27)24-14-8-22-25(3)11(14)2/h4-5,8,12H,6-7,9H2,1-3H3,(H,24,27). The number of alkyl halides is 3. The van der Waals surface area contributed by atoms with Crippen LogP contribution in [0.1, 0.15) is 33.9 Å². The lowest BCUT2D eigenvalue weighted by molar-refractivity contribution is -0.141. The second-order valence-electron chi connectivity index (χ2n) is 6.82. The van der Waals surface area contributed by atoms with E-state index in [9.17, 15) is 22.8 Å². The molecule has 7 nitrogen and oxygen atoms in total. The van der Waals surface area contributed by atoms with Gasteiger partial charge in [-0.2, -0.15) is 18.3 Å². The molecule has 0 bridgehead atoms. The van der Waals surface area contributed by atoms with E-state index in [1.54, 1.807) is 17.9 Å². The molecule has 1 aliphatic heterocycles. The summed E-state index contributed by atoms with van der Waals surface area (Å²) in [5, 5.41) is 6.87. The van der Waals surface area contributed by atoms with Crippen molar-refractivity contribution >= 4 is 17.5 Å². The van der Waals surface area contributed by atoms with Crippen LogP contribution in [0.2, 0.25) is 0 Å². The fourth-order valence-electron chi connectivity index (χ4n) is 3.13. The molecule has 3 heterocycles. The van der Waals surface area contributed by atoms with Gasteiger partial charge in [0.15, 0.2) is 0 Å². The van der Waals surface area contributed by atoms with E-state index in [2.05, 4.69) is 15.4 Å². The molecule has 0 aromatic carbocycles. The quantitative estimate of drug-likeness (QED) is 0.866. The molecule has 0 radical (unpaired) electrons. The third-order valence-electron chi connectivity index (χ3n) is 4.95. The number of rotatable bonds is 3. The van der Waals surface area contributed by atoms with Crippen LogP contribution in [-0.4, -0.2) is 44.6 Å². The summed E-state index contributed by atoms with van der Waals surface area (Å²) in [6, 6.07) is 1.94. The number of carbonyl (C=O) groups is 2. The minimum absolute atomic E-state index is 0.0127. The molecule has 3 rings (SSSR count). The van der Waals surface area contributed by atoms with Crippen molar-refractivity contribution in [3.05, 3.63) is 41.0 Å². The van der Waals surface area contributed by atoms with Crippen molar-refractivity contribution in [3.8, 4) is 0 Å². The van der Waals surface area contributed by atoms with E-state index in [0.29, 0.717) is 18.7 Å². The van der Waals surface area contributed by atoms with Gasteiger partial charge in [0.05, 0.1) is 34.8 Å². The van der Waals surface area contributed by atoms with E-state index in [1.165, 1.54) is 11.8 Å². The van der Waals surface area contributed by atoms with Gasteiger partial charge in [-0.15, -0.1) is 0 Å². The lowest BCUT2D eigenvalue weighted by atomic mass is 10.1. The second-order valence-corrected chi connectivity index (χ2v) is 6.82. The molecule has 2 aromatic rings. The topological polar surface area (TPSA) is 80.1 Å². The van der Waals surface area contributed by atoms with Crippen LogP contribution >= 0.6 is 0 Å². The van der Waals surface area contributed by atoms with Crippen LogP contribution in [0, 0.1) is 19.8 Å². The summed E-state index contributed by atoms with van der Waals surface area (Å²) < 4.78 is 39.9. The summed E-state index contributed by atoms with van der Waals surface area (Å²) in [5.74, 6) is -1.04. The Hall–Kier alpha value is -2.91. The fourth-order valence-corrected chi connectivity index (χ4v) is 3.13. The van der Waals surface area contributed by atoms with E-state index < -0.39 is 23.7 Å². The van der Waals surface area contributed by atoms with Crippen molar-refractivity contribution in [2.75, 3.05) is 18.4 Å². The Kier molecular flexibility index (Phi) is 5.14. The van der Waals surface area contributed by atoms with Crippen molar-refractivity contribution in [1.82, 2.24) is 19.7 Å². The SMILES string of the molecule is Cc1nc(C(F)(F)F)ccc1C(=O)N1CCC(C(=O)Nc2cnn(C)c2C)C1. The number of anilines is 1. The van der Waals surface area contributed by atoms with Crippen molar-refractivity contribution in [2.24, 2.45) is 13.0 Å². The van der Waals surface area contributed by atoms with Gasteiger partial charge in [-0.1, -0.05) is 0 Å². The Bertz CT molecular complexity index is 922. The van der Waals surface area contributed by atoms with E-state index in [-0.39, 0.29) is 23.7 Å². The Morgan fingerprint density at radius 2 is 1.96 bits per heavy atom. The molecular weight excluding hydrogens is 375 g/mol. The number of nitrogens with one attached hydrogen (secondary N) is 1. The molecule has 1 fully saturated rings. The average molecular weight is 395 g/mol.